The van der Waals surface area contributed by atoms with Crippen LogP contribution in [-0.2, 0) is 20.7 Å². The molecule has 3 heterocycles. The summed E-state index contributed by atoms with van der Waals surface area (Å²) in [5.74, 6) is -0.864. The molecule has 1 unspecified atom stereocenters. The van der Waals surface area contributed by atoms with Crippen molar-refractivity contribution in [2.45, 2.75) is 89.4 Å². The van der Waals surface area contributed by atoms with Crippen LogP contribution in [0.3, 0.4) is 0 Å². The van der Waals surface area contributed by atoms with Gasteiger partial charge in [0, 0.05) is 23.1 Å². The van der Waals surface area contributed by atoms with Crippen molar-refractivity contribution >= 4 is 35.0 Å². The van der Waals surface area contributed by atoms with E-state index in [-0.39, 0.29) is 35.9 Å². The van der Waals surface area contributed by atoms with Crippen LogP contribution in [0.4, 0.5) is 9.59 Å². The van der Waals surface area contributed by atoms with Crippen LogP contribution in [0.2, 0.25) is 0 Å². The van der Waals surface area contributed by atoms with E-state index in [0.717, 1.165) is 53.4 Å². The number of aryl methyl sites for hydroxylation is 1. The lowest BCUT2D eigenvalue weighted by Crippen LogP contribution is -2.43. The molecule has 2 aromatic carbocycles. The maximum absolute atomic E-state index is 13.0. The number of benzene rings is 2. The number of hydrogen-bond donors (Lipinski definition) is 5. The van der Waals surface area contributed by atoms with Crippen LogP contribution in [0.25, 0.3) is 10.9 Å². The van der Waals surface area contributed by atoms with E-state index < -0.39 is 30.2 Å². The Bertz CT molecular complexity index is 1670. The SMILES string of the molecule is CCCCC[C@H](NC)C(=O)NCCCC[C@H](NC(=O)Oc1c(C)cc([C@H]2c3[nH]c4ccccc4c3CC3COC(=O)N32)cc1OC)C(=O)O. The van der Waals surface area contributed by atoms with E-state index in [1.165, 1.54) is 7.11 Å². The second kappa shape index (κ2) is 16.1. The van der Waals surface area contributed by atoms with E-state index in [9.17, 15) is 24.3 Å². The number of unbranched alkanes of at least 4 members (excludes halogenated alkanes) is 3. The van der Waals surface area contributed by atoms with Crippen molar-refractivity contribution in [3.8, 4) is 11.5 Å². The van der Waals surface area contributed by atoms with Crippen molar-refractivity contribution in [2.75, 3.05) is 27.3 Å². The van der Waals surface area contributed by atoms with Gasteiger partial charge in [-0.3, -0.25) is 9.69 Å². The topological polar surface area (TPSA) is 171 Å². The maximum Gasteiger partial charge on any atom is 0.413 e. The minimum atomic E-state index is -1.19. The lowest BCUT2D eigenvalue weighted by atomic mass is 9.88. The van der Waals surface area contributed by atoms with Gasteiger partial charge in [0.1, 0.15) is 18.7 Å². The van der Waals surface area contributed by atoms with Crippen LogP contribution in [0.1, 0.15) is 80.3 Å². The van der Waals surface area contributed by atoms with Crippen molar-refractivity contribution in [2.24, 2.45) is 0 Å². The number of cyclic esters (lactones) is 1. The number of aliphatic carboxylic acids is 1. The van der Waals surface area contributed by atoms with Crippen LogP contribution in [0.5, 0.6) is 11.5 Å². The largest absolute Gasteiger partial charge is 0.493 e. The third kappa shape index (κ3) is 7.93. The number of nitrogens with zero attached hydrogens (tertiary/aromatic N) is 1. The molecule has 3 aromatic rings. The Kier molecular flexibility index (Phi) is 11.7. The first-order valence-corrected chi connectivity index (χ1v) is 17.1. The fraction of sp³-hybridized carbons (Fsp3) is 0.500. The normalized spacial score (nSPS) is 17.9. The number of ether oxygens (including phenoxy) is 3. The molecule has 1 fully saturated rings. The van der Waals surface area contributed by atoms with E-state index in [4.69, 9.17) is 14.2 Å². The van der Waals surface area contributed by atoms with Gasteiger partial charge in [0.05, 0.1) is 19.2 Å². The molecule has 3 amide bonds. The third-order valence-electron chi connectivity index (χ3n) is 9.40. The molecule has 4 atom stereocenters. The predicted molar refractivity (Wildman–Crippen MR) is 183 cm³/mol. The second-order valence-corrected chi connectivity index (χ2v) is 12.7. The fourth-order valence-corrected chi connectivity index (χ4v) is 6.86. The van der Waals surface area contributed by atoms with Crippen LogP contribution in [0, 0.1) is 6.92 Å². The molecule has 0 spiro atoms. The number of carbonyl (C=O) groups excluding carboxylic acids is 3. The number of hydrogen-bond acceptors (Lipinski definition) is 8. The van der Waals surface area contributed by atoms with Gasteiger partial charge in [0.25, 0.3) is 0 Å². The summed E-state index contributed by atoms with van der Waals surface area (Å²) >= 11 is 0. The van der Waals surface area contributed by atoms with E-state index in [0.29, 0.717) is 38.0 Å². The van der Waals surface area contributed by atoms with Gasteiger partial charge >= 0.3 is 18.2 Å². The highest BCUT2D eigenvalue weighted by Crippen LogP contribution is 2.45. The zero-order valence-electron chi connectivity index (χ0n) is 28.6. The van der Waals surface area contributed by atoms with Gasteiger partial charge in [-0.2, -0.15) is 0 Å². The number of carbonyl (C=O) groups is 4. The Labute approximate surface area is 286 Å². The zero-order chi connectivity index (χ0) is 35.1. The van der Waals surface area contributed by atoms with Gasteiger partial charge in [-0.1, -0.05) is 44.4 Å². The first kappa shape index (κ1) is 35.5. The Balaban J connectivity index is 1.24. The van der Waals surface area contributed by atoms with Crippen molar-refractivity contribution in [1.82, 2.24) is 25.8 Å². The molecule has 1 aromatic heterocycles. The van der Waals surface area contributed by atoms with Crippen LogP contribution in [0.15, 0.2) is 36.4 Å². The van der Waals surface area contributed by atoms with Gasteiger partial charge in [0.15, 0.2) is 11.5 Å². The first-order valence-electron chi connectivity index (χ1n) is 17.1. The van der Waals surface area contributed by atoms with E-state index in [1.807, 2.05) is 24.3 Å². The average molecular weight is 678 g/mol. The third-order valence-corrected chi connectivity index (χ3v) is 9.40. The second-order valence-electron chi connectivity index (χ2n) is 12.7. The number of amides is 3. The Hall–Kier alpha value is -4.78. The molecule has 49 heavy (non-hydrogen) atoms. The van der Waals surface area contributed by atoms with Crippen LogP contribution >= 0.6 is 0 Å². The summed E-state index contributed by atoms with van der Waals surface area (Å²) in [5, 5.41) is 19.3. The van der Waals surface area contributed by atoms with Gasteiger partial charge in [-0.05, 0) is 81.0 Å². The molecule has 0 saturated carbocycles. The highest BCUT2D eigenvalue weighted by molar-refractivity contribution is 5.87. The summed E-state index contributed by atoms with van der Waals surface area (Å²) in [4.78, 5) is 55.7. The molecule has 13 nitrogen and oxygen atoms in total. The van der Waals surface area contributed by atoms with Crippen molar-refractivity contribution in [3.05, 3.63) is 58.8 Å². The molecule has 1 saturated heterocycles. The number of aromatic amines is 1. The molecule has 0 bridgehead atoms. The number of aromatic nitrogens is 1. The zero-order valence-corrected chi connectivity index (χ0v) is 28.6. The number of rotatable bonds is 16. The Morgan fingerprint density at radius 2 is 1.86 bits per heavy atom. The Morgan fingerprint density at radius 3 is 2.59 bits per heavy atom. The number of para-hydroxylation sites is 1. The number of H-pyrrole nitrogens is 1. The molecular formula is C36H47N5O8. The minimum absolute atomic E-state index is 0.0733. The maximum atomic E-state index is 13.0. The van der Waals surface area contributed by atoms with Crippen molar-refractivity contribution < 1.29 is 38.5 Å². The quantitative estimate of drug-likeness (QED) is 0.132. The summed E-state index contributed by atoms with van der Waals surface area (Å²) in [6.45, 7) is 4.57. The van der Waals surface area contributed by atoms with Crippen LogP contribution in [-0.4, -0.2) is 84.5 Å². The molecule has 5 N–H and O–H groups in total. The van der Waals surface area contributed by atoms with E-state index in [1.54, 1.807) is 24.9 Å². The average Bonchev–Trinajstić information content (AvgIpc) is 3.65. The molecule has 2 aliphatic rings. The minimum Gasteiger partial charge on any atom is -0.493 e. The number of carboxylic acid groups (broad SMARTS) is 1. The standard InChI is InChI=1S/C36H47N5O8/c1-5-6-7-14-27(37-3)33(42)38-16-11-10-15-28(34(43)44)40-35(45)49-32-21(2)17-22(18-29(32)47-4)31-30-25(19-23-20-48-36(46)41(23)31)24-12-8-9-13-26(24)39-30/h8-9,12-13,17-18,23,27-28,31,37,39H,5-7,10-11,14-16,19-20H2,1-4H3,(H,38,42)(H,40,45)(H,43,44)/t23?,27-,28-,31-/m0/s1. The molecule has 5 rings (SSSR count). The number of methoxy groups -OCH3 is 1. The highest BCUT2D eigenvalue weighted by Gasteiger charge is 2.45. The molecule has 264 valence electrons. The molecule has 13 heteroatoms. The lowest BCUT2D eigenvalue weighted by Gasteiger charge is -2.36. The Morgan fingerprint density at radius 1 is 1.10 bits per heavy atom. The molecule has 2 aliphatic heterocycles. The number of nitrogens with one attached hydrogen (secondary N) is 4. The van der Waals surface area contributed by atoms with Gasteiger partial charge in [-0.15, -0.1) is 0 Å². The van der Waals surface area contributed by atoms with Gasteiger partial charge < -0.3 is 40.3 Å². The first-order chi connectivity index (χ1) is 23.7. The number of carboxylic acids is 1. The summed E-state index contributed by atoms with van der Waals surface area (Å²) in [7, 11) is 3.22. The molecular weight excluding hydrogens is 630 g/mol. The molecule has 0 aliphatic carbocycles. The lowest BCUT2D eigenvalue weighted by molar-refractivity contribution is -0.139. The summed E-state index contributed by atoms with van der Waals surface area (Å²) < 4.78 is 16.8. The smallest absolute Gasteiger partial charge is 0.413 e. The summed E-state index contributed by atoms with van der Waals surface area (Å²) in [5.41, 5.74) is 4.31. The van der Waals surface area contributed by atoms with Crippen molar-refractivity contribution in [1.29, 1.82) is 0 Å². The predicted octanol–water partition coefficient (Wildman–Crippen LogP) is 4.95. The van der Waals surface area contributed by atoms with Gasteiger partial charge in [-0.25, -0.2) is 14.4 Å². The molecule has 0 radical (unpaired) electrons. The number of fused-ring (bicyclic) bond motifs is 4. The van der Waals surface area contributed by atoms with Crippen molar-refractivity contribution in [3.63, 3.8) is 0 Å². The highest BCUT2D eigenvalue weighted by atomic mass is 16.6. The van der Waals surface area contributed by atoms with Gasteiger partial charge in [0.2, 0.25) is 5.91 Å². The summed E-state index contributed by atoms with van der Waals surface area (Å²) in [6.07, 6.45) is 4.37. The monoisotopic (exact) mass is 677 g/mol. The number of likely N-dealkylation sites (N-methyl/N-ethyl adjacent to an activating group) is 1. The van der Waals surface area contributed by atoms with E-state index >= 15 is 0 Å². The summed E-state index contributed by atoms with van der Waals surface area (Å²) in [6, 6.07) is 9.52. The fourth-order valence-electron chi connectivity index (χ4n) is 6.86. The van der Waals surface area contributed by atoms with Crippen LogP contribution < -0.4 is 25.4 Å². The van der Waals surface area contributed by atoms with E-state index in [2.05, 4.69) is 33.9 Å².